The second kappa shape index (κ2) is 8.27. The predicted octanol–water partition coefficient (Wildman–Crippen LogP) is 5.34. The Bertz CT molecular complexity index is 1620. The molecule has 0 radical (unpaired) electrons. The van der Waals surface area contributed by atoms with Gasteiger partial charge in [-0.1, -0.05) is 30.3 Å². The number of aryl methyl sites for hydroxylation is 1. The van der Waals surface area contributed by atoms with Crippen LogP contribution in [0, 0.1) is 10.1 Å². The van der Waals surface area contributed by atoms with Gasteiger partial charge < -0.3 is 0 Å². The van der Waals surface area contributed by atoms with Crippen LogP contribution in [0.2, 0.25) is 0 Å². The zero-order valence-electron chi connectivity index (χ0n) is 18.2. The Morgan fingerprint density at radius 1 is 0.912 bits per heavy atom. The molecule has 0 unspecified atom stereocenters. The van der Waals surface area contributed by atoms with Crippen LogP contribution < -0.4 is 0 Å². The minimum atomic E-state index is -3.76. The predicted molar refractivity (Wildman–Crippen MR) is 130 cm³/mol. The monoisotopic (exact) mass is 472 g/mol. The van der Waals surface area contributed by atoms with E-state index >= 15 is 0 Å². The van der Waals surface area contributed by atoms with Gasteiger partial charge in [0.1, 0.15) is 5.69 Å². The number of nitro benzene ring substituents is 1. The number of hydrogen-bond donors (Lipinski definition) is 0. The molecule has 0 N–H and O–H groups in total. The molecular formula is C25H20N4O4S. The van der Waals surface area contributed by atoms with Gasteiger partial charge in [-0.05, 0) is 48.9 Å². The highest BCUT2D eigenvalue weighted by atomic mass is 32.2. The van der Waals surface area contributed by atoms with Crippen LogP contribution in [0.4, 0.5) is 5.69 Å². The fourth-order valence-electron chi connectivity index (χ4n) is 4.03. The Morgan fingerprint density at radius 3 is 2.32 bits per heavy atom. The van der Waals surface area contributed by atoms with Gasteiger partial charge in [-0.25, -0.2) is 12.4 Å². The van der Waals surface area contributed by atoms with E-state index in [-0.39, 0.29) is 10.6 Å². The quantitative estimate of drug-likeness (QED) is 0.245. The van der Waals surface area contributed by atoms with Crippen molar-refractivity contribution in [2.75, 3.05) is 0 Å². The second-order valence-corrected chi connectivity index (χ2v) is 9.53. The van der Waals surface area contributed by atoms with E-state index in [4.69, 9.17) is 0 Å². The molecule has 0 aliphatic rings. The Kier molecular flexibility index (Phi) is 5.25. The molecule has 0 amide bonds. The Balaban J connectivity index is 1.68. The minimum Gasteiger partial charge on any atom is -0.272 e. The molecule has 0 aliphatic heterocycles. The third-order valence-corrected chi connectivity index (χ3v) is 7.43. The summed E-state index contributed by atoms with van der Waals surface area (Å²) in [6.07, 6.45) is 3.47. The molecule has 34 heavy (non-hydrogen) atoms. The number of hydrogen-bond acceptors (Lipinski definition) is 5. The summed E-state index contributed by atoms with van der Waals surface area (Å²) < 4.78 is 29.6. The van der Waals surface area contributed by atoms with E-state index in [9.17, 15) is 18.5 Å². The summed E-state index contributed by atoms with van der Waals surface area (Å²) in [7, 11) is -3.76. The summed E-state index contributed by atoms with van der Waals surface area (Å²) in [6, 6.07) is 21.9. The van der Waals surface area contributed by atoms with E-state index in [1.807, 2.05) is 25.3 Å². The van der Waals surface area contributed by atoms with Crippen molar-refractivity contribution in [2.24, 2.45) is 0 Å². The number of fused-ring (bicyclic) bond motifs is 1. The molecule has 2 aromatic heterocycles. The van der Waals surface area contributed by atoms with Crippen LogP contribution in [0.1, 0.15) is 6.92 Å². The molecule has 2 heterocycles. The van der Waals surface area contributed by atoms with Crippen molar-refractivity contribution in [3.63, 3.8) is 0 Å². The van der Waals surface area contributed by atoms with Crippen molar-refractivity contribution in [1.82, 2.24) is 13.8 Å². The van der Waals surface area contributed by atoms with Crippen molar-refractivity contribution in [1.29, 1.82) is 0 Å². The van der Waals surface area contributed by atoms with Gasteiger partial charge in [-0.2, -0.15) is 5.10 Å². The number of non-ortho nitro benzene ring substituents is 1. The highest BCUT2D eigenvalue weighted by molar-refractivity contribution is 7.90. The van der Waals surface area contributed by atoms with Crippen LogP contribution in [0.15, 0.2) is 96.2 Å². The molecule has 3 aromatic carbocycles. The Labute approximate surface area is 195 Å². The number of rotatable bonds is 6. The SMILES string of the molecule is CCn1cc(-c2cccc3c2ccn3S(=O)(=O)c2ccccc2)c(-c2ccc([N+](=O)[O-])cc2)n1. The third-order valence-electron chi connectivity index (χ3n) is 5.72. The number of benzene rings is 3. The molecule has 0 fully saturated rings. The molecule has 0 spiro atoms. The van der Waals surface area contributed by atoms with Crippen molar-refractivity contribution in [3.8, 4) is 22.4 Å². The summed E-state index contributed by atoms with van der Waals surface area (Å²) in [4.78, 5) is 10.8. The fraction of sp³-hybridized carbons (Fsp3) is 0.0800. The smallest absolute Gasteiger partial charge is 0.269 e. The van der Waals surface area contributed by atoms with E-state index in [1.54, 1.807) is 65.5 Å². The highest BCUT2D eigenvalue weighted by Gasteiger charge is 2.21. The first-order chi connectivity index (χ1) is 16.4. The fourth-order valence-corrected chi connectivity index (χ4v) is 5.40. The third kappa shape index (κ3) is 3.56. The highest BCUT2D eigenvalue weighted by Crippen LogP contribution is 2.37. The second-order valence-electron chi connectivity index (χ2n) is 7.72. The van der Waals surface area contributed by atoms with Gasteiger partial charge >= 0.3 is 0 Å². The van der Waals surface area contributed by atoms with Crippen LogP contribution in [-0.2, 0) is 16.6 Å². The molecule has 0 aliphatic carbocycles. The zero-order chi connectivity index (χ0) is 23.9. The molecule has 5 aromatic rings. The molecule has 170 valence electrons. The van der Waals surface area contributed by atoms with Gasteiger partial charge in [-0.3, -0.25) is 14.8 Å². The lowest BCUT2D eigenvalue weighted by atomic mass is 9.99. The van der Waals surface area contributed by atoms with Gasteiger partial charge in [-0.15, -0.1) is 0 Å². The topological polar surface area (TPSA) is 100 Å². The molecule has 0 bridgehead atoms. The maximum atomic E-state index is 13.3. The largest absolute Gasteiger partial charge is 0.272 e. The maximum absolute atomic E-state index is 13.3. The summed E-state index contributed by atoms with van der Waals surface area (Å²) in [5.74, 6) is 0. The number of nitro groups is 1. The van der Waals surface area contributed by atoms with Crippen LogP contribution in [0.3, 0.4) is 0 Å². The van der Waals surface area contributed by atoms with Gasteiger partial charge in [0.2, 0.25) is 0 Å². The molecule has 0 atom stereocenters. The lowest BCUT2D eigenvalue weighted by molar-refractivity contribution is -0.384. The molecule has 0 saturated carbocycles. The zero-order valence-corrected chi connectivity index (χ0v) is 19.0. The Morgan fingerprint density at radius 2 is 1.65 bits per heavy atom. The van der Waals surface area contributed by atoms with Crippen LogP contribution in [0.25, 0.3) is 33.3 Å². The number of aromatic nitrogens is 3. The first-order valence-electron chi connectivity index (χ1n) is 10.6. The van der Waals surface area contributed by atoms with Crippen molar-refractivity contribution in [3.05, 3.63) is 101 Å². The van der Waals surface area contributed by atoms with Crippen LogP contribution in [-0.4, -0.2) is 27.1 Å². The summed E-state index contributed by atoms with van der Waals surface area (Å²) in [6.45, 7) is 2.61. The van der Waals surface area contributed by atoms with Gasteiger partial charge in [0.25, 0.3) is 15.7 Å². The van der Waals surface area contributed by atoms with Gasteiger partial charge in [0.15, 0.2) is 0 Å². The average molecular weight is 473 g/mol. The first kappa shape index (κ1) is 21.6. The van der Waals surface area contributed by atoms with Crippen molar-refractivity contribution in [2.45, 2.75) is 18.4 Å². The lowest BCUT2D eigenvalue weighted by Crippen LogP contribution is -2.11. The van der Waals surface area contributed by atoms with Gasteiger partial charge in [0.05, 0.1) is 15.3 Å². The molecular weight excluding hydrogens is 452 g/mol. The molecule has 5 rings (SSSR count). The minimum absolute atomic E-state index is 0.00511. The van der Waals surface area contributed by atoms with E-state index in [0.29, 0.717) is 17.8 Å². The van der Waals surface area contributed by atoms with Gasteiger partial charge in [0, 0.05) is 47.6 Å². The van der Waals surface area contributed by atoms with Crippen LogP contribution in [0.5, 0.6) is 0 Å². The van der Waals surface area contributed by atoms with Crippen molar-refractivity contribution >= 4 is 26.6 Å². The van der Waals surface area contributed by atoms with Crippen molar-refractivity contribution < 1.29 is 13.3 Å². The van der Waals surface area contributed by atoms with E-state index in [2.05, 4.69) is 5.10 Å². The molecule has 8 nitrogen and oxygen atoms in total. The first-order valence-corrected chi connectivity index (χ1v) is 12.1. The normalized spacial score (nSPS) is 11.7. The summed E-state index contributed by atoms with van der Waals surface area (Å²) in [5, 5.41) is 16.5. The lowest BCUT2D eigenvalue weighted by Gasteiger charge is -2.09. The summed E-state index contributed by atoms with van der Waals surface area (Å²) >= 11 is 0. The maximum Gasteiger partial charge on any atom is 0.269 e. The van der Waals surface area contributed by atoms with E-state index in [1.165, 1.54) is 16.1 Å². The molecule has 9 heteroatoms. The summed E-state index contributed by atoms with van der Waals surface area (Å²) in [5.41, 5.74) is 3.61. The average Bonchev–Trinajstić information content (AvgIpc) is 3.49. The number of nitrogens with zero attached hydrogens (tertiary/aromatic N) is 4. The standard InChI is InChI=1S/C25H20N4O4S/c1-2-27-17-23(25(26-27)18-11-13-19(14-12-18)29(30)31)21-9-6-10-24-22(21)15-16-28(24)34(32,33)20-7-4-3-5-8-20/h3-17H,2H2,1H3. The van der Waals surface area contributed by atoms with Crippen LogP contribution >= 0.6 is 0 Å². The Hall–Kier alpha value is -4.24. The molecule has 0 saturated heterocycles. The van der Waals surface area contributed by atoms with E-state index in [0.717, 1.165) is 22.1 Å². The van der Waals surface area contributed by atoms with E-state index < -0.39 is 14.9 Å².